The molecule has 0 spiro atoms. The molecule has 4 N–H and O–H groups in total. The third kappa shape index (κ3) is 25.9. The Morgan fingerprint density at radius 3 is 1.50 bits per heavy atom. The predicted octanol–water partition coefficient (Wildman–Crippen LogP) is 4.32. The van der Waals surface area contributed by atoms with Gasteiger partial charge < -0.3 is 48.5 Å². The van der Waals surface area contributed by atoms with Crippen LogP contribution >= 0.6 is 0 Å². The van der Waals surface area contributed by atoms with Crippen molar-refractivity contribution in [1.82, 2.24) is 21.3 Å². The van der Waals surface area contributed by atoms with Gasteiger partial charge in [-0.1, -0.05) is 60.7 Å². The number of alkyl carbamates (subject to hydrolysis) is 3. The molecule has 60 heavy (non-hydrogen) atoms. The molecule has 334 valence electrons. The largest absolute Gasteiger partial charge is 0.460 e. The number of benzene rings is 2. The molecule has 18 heteroatoms. The minimum Gasteiger partial charge on any atom is -0.460 e. The first-order valence-corrected chi connectivity index (χ1v) is 19.8. The number of rotatable bonds is 27. The summed E-state index contributed by atoms with van der Waals surface area (Å²) in [6.07, 6.45) is -4.01. The number of carbonyl (C=O) groups excluding carboxylic acids is 6. The van der Waals surface area contributed by atoms with Crippen molar-refractivity contribution in [2.75, 3.05) is 59.4 Å². The molecule has 0 saturated heterocycles. The SMILES string of the molecule is CC(C)(C)OC(=O)C[C@H](NC(=O)OCc1ccccc1)C(=O)CCCOCCOCCOCCOCCNC(=O)[C@@H](NC(=O)OCc1ccccc1)NC(=O)OC(C)(C)C. The molecule has 0 aliphatic rings. The Bertz CT molecular complexity index is 1460. The molecule has 2 atom stereocenters. The number of esters is 1. The lowest BCUT2D eigenvalue weighted by Crippen LogP contribution is -2.57. The van der Waals surface area contributed by atoms with Gasteiger partial charge in [0.1, 0.15) is 30.5 Å². The van der Waals surface area contributed by atoms with Gasteiger partial charge >= 0.3 is 24.2 Å². The molecule has 0 unspecified atom stereocenters. The van der Waals surface area contributed by atoms with Crippen LogP contribution < -0.4 is 21.3 Å². The van der Waals surface area contributed by atoms with Crippen molar-refractivity contribution in [2.24, 2.45) is 0 Å². The van der Waals surface area contributed by atoms with Crippen LogP contribution in [0, 0.1) is 0 Å². The molecule has 0 heterocycles. The number of ketones is 1. The monoisotopic (exact) mass is 846 g/mol. The smallest absolute Gasteiger partial charge is 0.409 e. The van der Waals surface area contributed by atoms with Crippen LogP contribution in [0.1, 0.15) is 71.9 Å². The Hall–Kier alpha value is -5.30. The van der Waals surface area contributed by atoms with Crippen molar-refractivity contribution in [3.8, 4) is 0 Å². The zero-order chi connectivity index (χ0) is 44.2. The van der Waals surface area contributed by atoms with Crippen molar-refractivity contribution in [3.05, 3.63) is 71.8 Å². The first-order valence-electron chi connectivity index (χ1n) is 19.8. The topological polar surface area (TPSA) is 224 Å². The van der Waals surface area contributed by atoms with E-state index in [0.717, 1.165) is 11.1 Å². The summed E-state index contributed by atoms with van der Waals surface area (Å²) in [5.41, 5.74) is -0.0609. The summed E-state index contributed by atoms with van der Waals surface area (Å²) < 4.78 is 43.0. The molecular formula is C42H62N4O14. The average molecular weight is 847 g/mol. The van der Waals surface area contributed by atoms with Crippen LogP contribution in [0.15, 0.2) is 60.7 Å². The van der Waals surface area contributed by atoms with Gasteiger partial charge in [-0.2, -0.15) is 0 Å². The van der Waals surface area contributed by atoms with Crippen molar-refractivity contribution in [1.29, 1.82) is 0 Å². The molecule has 2 rings (SSSR count). The summed E-state index contributed by atoms with van der Waals surface area (Å²) in [6, 6.07) is 16.9. The van der Waals surface area contributed by atoms with Gasteiger partial charge in [0.2, 0.25) is 0 Å². The fourth-order valence-corrected chi connectivity index (χ4v) is 4.81. The Labute approximate surface area is 352 Å². The van der Waals surface area contributed by atoms with E-state index in [2.05, 4.69) is 21.3 Å². The van der Waals surface area contributed by atoms with E-state index in [0.29, 0.717) is 26.2 Å². The van der Waals surface area contributed by atoms with E-state index in [1.54, 1.807) is 77.9 Å². The molecule has 4 amide bonds. The molecule has 0 aliphatic heterocycles. The van der Waals surface area contributed by atoms with Gasteiger partial charge in [-0.15, -0.1) is 0 Å². The number of hydrogen-bond acceptors (Lipinski definition) is 14. The van der Waals surface area contributed by atoms with E-state index >= 15 is 0 Å². The number of carbonyl (C=O) groups is 6. The van der Waals surface area contributed by atoms with E-state index in [-0.39, 0.29) is 71.4 Å². The molecule has 0 aromatic heterocycles. The lowest BCUT2D eigenvalue weighted by molar-refractivity contribution is -0.156. The molecule has 2 aromatic carbocycles. The van der Waals surface area contributed by atoms with Crippen molar-refractivity contribution >= 4 is 35.9 Å². The molecule has 0 aliphatic carbocycles. The second-order valence-electron chi connectivity index (χ2n) is 15.1. The van der Waals surface area contributed by atoms with Crippen LogP contribution in [0.2, 0.25) is 0 Å². The Kier molecular flexibility index (Phi) is 23.9. The third-order valence-electron chi connectivity index (χ3n) is 7.46. The van der Waals surface area contributed by atoms with Crippen LogP contribution in [0.25, 0.3) is 0 Å². The number of amides is 4. The van der Waals surface area contributed by atoms with Crippen LogP contribution in [-0.4, -0.2) is 119 Å². The highest BCUT2D eigenvalue weighted by Gasteiger charge is 2.28. The predicted molar refractivity (Wildman–Crippen MR) is 217 cm³/mol. The van der Waals surface area contributed by atoms with E-state index in [1.807, 2.05) is 24.3 Å². The van der Waals surface area contributed by atoms with E-state index in [1.165, 1.54) is 0 Å². The van der Waals surface area contributed by atoms with Crippen molar-refractivity contribution < 1.29 is 66.7 Å². The molecule has 0 saturated carbocycles. The lowest BCUT2D eigenvalue weighted by atomic mass is 10.0. The quantitative estimate of drug-likeness (QED) is 0.0426. The first-order chi connectivity index (χ1) is 28.5. The minimum atomic E-state index is -1.47. The Morgan fingerprint density at radius 2 is 1.00 bits per heavy atom. The van der Waals surface area contributed by atoms with Gasteiger partial charge in [0.05, 0.1) is 52.7 Å². The van der Waals surface area contributed by atoms with Crippen LogP contribution in [-0.2, 0) is 65.5 Å². The summed E-state index contributed by atoms with van der Waals surface area (Å²) in [5, 5.41) is 9.74. The molecule has 0 radical (unpaired) electrons. The van der Waals surface area contributed by atoms with Gasteiger partial charge in [0.15, 0.2) is 11.9 Å². The highest BCUT2D eigenvalue weighted by molar-refractivity contribution is 5.91. The summed E-state index contributed by atoms with van der Waals surface area (Å²) in [5.74, 6) is -1.68. The number of Topliss-reactive ketones (excluding diaryl/α,β-unsaturated/α-hetero) is 1. The Balaban J connectivity index is 1.56. The maximum absolute atomic E-state index is 13.0. The van der Waals surface area contributed by atoms with Gasteiger partial charge in [0.25, 0.3) is 5.91 Å². The fourth-order valence-electron chi connectivity index (χ4n) is 4.81. The molecule has 0 bridgehead atoms. The summed E-state index contributed by atoms with van der Waals surface area (Å²) in [6.45, 7) is 12.3. The second-order valence-corrected chi connectivity index (χ2v) is 15.1. The van der Waals surface area contributed by atoms with Gasteiger partial charge in [-0.05, 0) is 59.1 Å². The number of ether oxygens (including phenoxy) is 8. The molecule has 18 nitrogen and oxygen atoms in total. The summed E-state index contributed by atoms with van der Waals surface area (Å²) >= 11 is 0. The molecule has 2 aromatic rings. The molecular weight excluding hydrogens is 784 g/mol. The van der Waals surface area contributed by atoms with Crippen LogP contribution in [0.4, 0.5) is 14.4 Å². The van der Waals surface area contributed by atoms with Crippen molar-refractivity contribution in [3.63, 3.8) is 0 Å². The standard InChI is InChI=1S/C42H62N4O14/c1-41(2,3)59-35(48)28-33(44-38(50)57-29-31-14-9-7-10-15-31)34(47)18-13-20-53-22-24-55-26-27-56-25-23-54-21-19-43-37(49)36(46-40(52)60-42(4,5)6)45-39(51)58-30-32-16-11-8-12-17-32/h7-12,14-17,33,36H,13,18-30H2,1-6H3,(H,43,49)(H,44,50)(H,45,51)(H,46,52)/t33-,36-/m0/s1. The van der Waals surface area contributed by atoms with E-state index in [9.17, 15) is 28.8 Å². The van der Waals surface area contributed by atoms with E-state index < -0.39 is 53.6 Å². The second kappa shape index (κ2) is 28.2. The maximum atomic E-state index is 13.0. The maximum Gasteiger partial charge on any atom is 0.409 e. The third-order valence-corrected chi connectivity index (χ3v) is 7.46. The minimum absolute atomic E-state index is 0.0118. The normalized spacial score (nSPS) is 12.3. The zero-order valence-electron chi connectivity index (χ0n) is 35.5. The number of hydrogen-bond donors (Lipinski definition) is 4. The summed E-state index contributed by atoms with van der Waals surface area (Å²) in [4.78, 5) is 75.3. The van der Waals surface area contributed by atoms with Crippen LogP contribution in [0.3, 0.4) is 0 Å². The highest BCUT2D eigenvalue weighted by Crippen LogP contribution is 2.12. The average Bonchev–Trinajstić information content (AvgIpc) is 3.17. The first kappa shape index (κ1) is 50.8. The summed E-state index contributed by atoms with van der Waals surface area (Å²) in [7, 11) is 0. The van der Waals surface area contributed by atoms with Gasteiger partial charge in [0, 0.05) is 19.6 Å². The van der Waals surface area contributed by atoms with Gasteiger partial charge in [-0.25, -0.2) is 14.4 Å². The lowest BCUT2D eigenvalue weighted by Gasteiger charge is -2.23. The zero-order valence-corrected chi connectivity index (χ0v) is 35.5. The molecule has 0 fully saturated rings. The fraction of sp³-hybridized carbons (Fsp3) is 0.571. The van der Waals surface area contributed by atoms with E-state index in [4.69, 9.17) is 37.9 Å². The number of nitrogens with one attached hydrogen (secondary N) is 4. The Morgan fingerprint density at radius 1 is 0.550 bits per heavy atom. The van der Waals surface area contributed by atoms with Crippen molar-refractivity contribution in [2.45, 2.75) is 97.4 Å². The highest BCUT2D eigenvalue weighted by atomic mass is 16.6. The van der Waals surface area contributed by atoms with Crippen LogP contribution in [0.5, 0.6) is 0 Å². The van der Waals surface area contributed by atoms with Gasteiger partial charge in [-0.3, -0.25) is 25.0 Å².